The van der Waals surface area contributed by atoms with E-state index in [1.54, 1.807) is 6.07 Å². The second kappa shape index (κ2) is 6.69. The molecule has 1 atom stereocenters. The number of benzene rings is 2. The number of rotatable bonds is 3. The van der Waals surface area contributed by atoms with Gasteiger partial charge in [0.15, 0.2) is 17.2 Å². The molecule has 2 aromatic carbocycles. The number of hydrogen-bond donors (Lipinski definition) is 1. The summed E-state index contributed by atoms with van der Waals surface area (Å²) in [6.07, 6.45) is -0.157. The third kappa shape index (κ3) is 3.10. The third-order valence-electron chi connectivity index (χ3n) is 4.94. The Labute approximate surface area is 161 Å². The molecule has 1 aromatic heterocycles. The van der Waals surface area contributed by atoms with Gasteiger partial charge in [-0.15, -0.1) is 0 Å². The SMILES string of the molecule is Cc1ccc(NC(=O)c2cc3n(n2)C[C@H](c2ccc4c(c2)OCO4)OC3)cc1. The number of aromatic nitrogens is 2. The summed E-state index contributed by atoms with van der Waals surface area (Å²) in [4.78, 5) is 12.5. The number of amides is 1. The zero-order valence-electron chi connectivity index (χ0n) is 15.3. The Morgan fingerprint density at radius 1 is 1.11 bits per heavy atom. The fraction of sp³-hybridized carbons (Fsp3) is 0.238. The van der Waals surface area contributed by atoms with Crippen LogP contribution in [0.1, 0.15) is 33.4 Å². The summed E-state index contributed by atoms with van der Waals surface area (Å²) >= 11 is 0. The number of aryl methyl sites for hydroxylation is 1. The maximum Gasteiger partial charge on any atom is 0.276 e. The van der Waals surface area contributed by atoms with Gasteiger partial charge >= 0.3 is 0 Å². The monoisotopic (exact) mass is 377 g/mol. The number of hydrogen-bond acceptors (Lipinski definition) is 5. The first-order chi connectivity index (χ1) is 13.7. The number of nitrogens with zero attached hydrogens (tertiary/aromatic N) is 2. The van der Waals surface area contributed by atoms with Crippen LogP contribution in [-0.2, 0) is 17.9 Å². The minimum Gasteiger partial charge on any atom is -0.454 e. The molecule has 0 aliphatic carbocycles. The Kier molecular flexibility index (Phi) is 4.02. The molecule has 7 nitrogen and oxygen atoms in total. The summed E-state index contributed by atoms with van der Waals surface area (Å²) in [6.45, 7) is 3.18. The van der Waals surface area contributed by atoms with E-state index in [4.69, 9.17) is 14.2 Å². The molecule has 5 rings (SSSR count). The molecule has 0 saturated carbocycles. The van der Waals surface area contributed by atoms with Gasteiger partial charge in [-0.2, -0.15) is 5.10 Å². The van der Waals surface area contributed by atoms with Crippen molar-refractivity contribution in [3.05, 3.63) is 71.0 Å². The maximum absolute atomic E-state index is 12.5. The van der Waals surface area contributed by atoms with Crippen molar-refractivity contribution in [2.45, 2.75) is 26.2 Å². The molecule has 0 radical (unpaired) electrons. The van der Waals surface area contributed by atoms with Crippen molar-refractivity contribution >= 4 is 11.6 Å². The zero-order chi connectivity index (χ0) is 19.1. The summed E-state index contributed by atoms with van der Waals surface area (Å²) in [6, 6.07) is 15.2. The minimum atomic E-state index is -0.231. The molecule has 3 aromatic rings. The second-order valence-electron chi connectivity index (χ2n) is 6.94. The highest BCUT2D eigenvalue weighted by Gasteiger charge is 2.25. The molecule has 2 aliphatic heterocycles. The molecule has 2 aliphatic rings. The standard InChI is InChI=1S/C21H19N3O4/c1-13-2-5-15(6-3-13)22-21(25)17-9-16-11-26-20(10-24(16)23-17)14-4-7-18-19(8-14)28-12-27-18/h2-9,20H,10-12H2,1H3,(H,22,25)/t20-/m1/s1. The van der Waals surface area contributed by atoms with E-state index in [1.807, 2.05) is 54.1 Å². The van der Waals surface area contributed by atoms with Crippen molar-refractivity contribution in [2.75, 3.05) is 12.1 Å². The van der Waals surface area contributed by atoms with Gasteiger partial charge in [0.05, 0.1) is 18.8 Å². The van der Waals surface area contributed by atoms with Crippen LogP contribution in [0.3, 0.4) is 0 Å². The Balaban J connectivity index is 1.32. The molecular formula is C21H19N3O4. The summed E-state index contributed by atoms with van der Waals surface area (Å²) in [7, 11) is 0. The average molecular weight is 377 g/mol. The van der Waals surface area contributed by atoms with Crippen LogP contribution in [0.5, 0.6) is 11.5 Å². The highest BCUT2D eigenvalue weighted by Crippen LogP contribution is 2.36. The first-order valence-electron chi connectivity index (χ1n) is 9.11. The summed E-state index contributed by atoms with van der Waals surface area (Å²) < 4.78 is 18.6. The van der Waals surface area contributed by atoms with Crippen molar-refractivity contribution in [1.82, 2.24) is 9.78 Å². The lowest BCUT2D eigenvalue weighted by Crippen LogP contribution is -2.22. The molecule has 0 fully saturated rings. The van der Waals surface area contributed by atoms with Crippen LogP contribution >= 0.6 is 0 Å². The van der Waals surface area contributed by atoms with Crippen LogP contribution in [0.2, 0.25) is 0 Å². The van der Waals surface area contributed by atoms with Gasteiger partial charge in [0.1, 0.15) is 6.10 Å². The van der Waals surface area contributed by atoms with Crippen molar-refractivity contribution in [3.8, 4) is 11.5 Å². The van der Waals surface area contributed by atoms with Gasteiger partial charge in [-0.25, -0.2) is 0 Å². The molecule has 0 saturated heterocycles. The molecule has 3 heterocycles. The summed E-state index contributed by atoms with van der Waals surface area (Å²) in [5, 5.41) is 7.36. The lowest BCUT2D eigenvalue weighted by atomic mass is 10.1. The minimum absolute atomic E-state index is 0.157. The van der Waals surface area contributed by atoms with E-state index in [0.29, 0.717) is 18.8 Å². The molecule has 28 heavy (non-hydrogen) atoms. The highest BCUT2D eigenvalue weighted by atomic mass is 16.7. The number of carbonyl (C=O) groups excluding carboxylic acids is 1. The lowest BCUT2D eigenvalue weighted by Gasteiger charge is -2.24. The van der Waals surface area contributed by atoms with Gasteiger partial charge in [0.2, 0.25) is 6.79 Å². The molecule has 1 N–H and O–H groups in total. The van der Waals surface area contributed by atoms with Crippen LogP contribution in [0.15, 0.2) is 48.5 Å². The molecule has 0 unspecified atom stereocenters. The van der Waals surface area contributed by atoms with Gasteiger partial charge in [0.25, 0.3) is 5.91 Å². The van der Waals surface area contributed by atoms with Gasteiger partial charge in [-0.05, 0) is 42.8 Å². The van der Waals surface area contributed by atoms with E-state index < -0.39 is 0 Å². The van der Waals surface area contributed by atoms with Gasteiger partial charge in [-0.1, -0.05) is 23.8 Å². The normalized spacial score (nSPS) is 17.2. The molecule has 142 valence electrons. The largest absolute Gasteiger partial charge is 0.454 e. The Hall–Kier alpha value is -3.32. The molecular weight excluding hydrogens is 358 g/mol. The number of fused-ring (bicyclic) bond motifs is 2. The maximum atomic E-state index is 12.5. The molecule has 0 bridgehead atoms. The molecule has 1 amide bonds. The highest BCUT2D eigenvalue weighted by molar-refractivity contribution is 6.02. The fourth-order valence-electron chi connectivity index (χ4n) is 3.38. The quantitative estimate of drug-likeness (QED) is 0.757. The van der Waals surface area contributed by atoms with Crippen molar-refractivity contribution in [1.29, 1.82) is 0 Å². The van der Waals surface area contributed by atoms with Crippen LogP contribution in [-0.4, -0.2) is 22.5 Å². The predicted octanol–water partition coefficient (Wildman–Crippen LogP) is 3.44. The smallest absolute Gasteiger partial charge is 0.276 e. The van der Waals surface area contributed by atoms with Crippen LogP contribution in [0.25, 0.3) is 0 Å². The van der Waals surface area contributed by atoms with Crippen molar-refractivity contribution in [3.63, 3.8) is 0 Å². The predicted molar refractivity (Wildman–Crippen MR) is 101 cm³/mol. The van der Waals surface area contributed by atoms with Gasteiger partial charge < -0.3 is 19.5 Å². The van der Waals surface area contributed by atoms with Gasteiger partial charge in [0, 0.05) is 5.69 Å². The Bertz CT molecular complexity index is 1040. The van der Waals surface area contributed by atoms with E-state index in [1.165, 1.54) is 0 Å². The summed E-state index contributed by atoms with van der Waals surface area (Å²) in [5.74, 6) is 1.24. The number of carbonyl (C=O) groups is 1. The summed E-state index contributed by atoms with van der Waals surface area (Å²) in [5.41, 5.74) is 4.14. The third-order valence-corrected chi connectivity index (χ3v) is 4.94. The van der Waals surface area contributed by atoms with E-state index in [-0.39, 0.29) is 18.8 Å². The lowest BCUT2D eigenvalue weighted by molar-refractivity contribution is -0.00127. The van der Waals surface area contributed by atoms with Crippen molar-refractivity contribution < 1.29 is 19.0 Å². The first-order valence-corrected chi connectivity index (χ1v) is 9.11. The number of ether oxygens (including phenoxy) is 3. The average Bonchev–Trinajstić information content (AvgIpc) is 3.35. The fourth-order valence-corrected chi connectivity index (χ4v) is 3.38. The first kappa shape index (κ1) is 16.8. The van der Waals surface area contributed by atoms with E-state index in [9.17, 15) is 4.79 Å². The van der Waals surface area contributed by atoms with Crippen LogP contribution in [0, 0.1) is 6.92 Å². The Morgan fingerprint density at radius 2 is 1.93 bits per heavy atom. The van der Waals surface area contributed by atoms with E-state index >= 15 is 0 Å². The van der Waals surface area contributed by atoms with Gasteiger partial charge in [-0.3, -0.25) is 9.48 Å². The second-order valence-corrected chi connectivity index (χ2v) is 6.94. The number of nitrogens with one attached hydrogen (secondary N) is 1. The zero-order valence-corrected chi connectivity index (χ0v) is 15.3. The van der Waals surface area contributed by atoms with Crippen LogP contribution in [0.4, 0.5) is 5.69 Å². The van der Waals surface area contributed by atoms with E-state index in [0.717, 1.165) is 34.0 Å². The number of anilines is 1. The van der Waals surface area contributed by atoms with Crippen molar-refractivity contribution in [2.24, 2.45) is 0 Å². The molecule has 0 spiro atoms. The van der Waals surface area contributed by atoms with E-state index in [2.05, 4.69) is 10.4 Å². The topological polar surface area (TPSA) is 74.6 Å². The Morgan fingerprint density at radius 3 is 2.79 bits per heavy atom. The molecule has 7 heteroatoms. The van der Waals surface area contributed by atoms with Crippen LogP contribution < -0.4 is 14.8 Å².